The van der Waals surface area contributed by atoms with E-state index in [1.54, 1.807) is 0 Å². The van der Waals surface area contributed by atoms with Gasteiger partial charge in [0.1, 0.15) is 5.84 Å². The van der Waals surface area contributed by atoms with Crippen LogP contribution < -0.4 is 11.1 Å². The Hall–Kier alpha value is -1.06. The third kappa shape index (κ3) is 1.20. The van der Waals surface area contributed by atoms with Gasteiger partial charge in [-0.05, 0) is 25.2 Å². The predicted molar refractivity (Wildman–Crippen MR) is 50.5 cm³/mol. The van der Waals surface area contributed by atoms with Crippen molar-refractivity contribution in [3.05, 3.63) is 0 Å². The van der Waals surface area contributed by atoms with Crippen LogP contribution in [-0.4, -0.2) is 17.4 Å². The number of carbonyl (C=O) groups is 1. The van der Waals surface area contributed by atoms with Gasteiger partial charge >= 0.3 is 6.03 Å². The molecule has 2 rings (SSSR count). The summed E-state index contributed by atoms with van der Waals surface area (Å²) >= 11 is 0. The molecule has 1 aliphatic heterocycles. The van der Waals surface area contributed by atoms with Gasteiger partial charge in [-0.25, -0.2) is 4.79 Å². The van der Waals surface area contributed by atoms with Crippen LogP contribution in [0.5, 0.6) is 0 Å². The molecule has 2 amide bonds. The third-order valence-electron chi connectivity index (χ3n) is 3.25. The first kappa shape index (κ1) is 8.53. The molecule has 2 unspecified atom stereocenters. The Morgan fingerprint density at radius 1 is 1.77 bits per heavy atom. The molecule has 3 N–H and O–H groups in total. The number of amidine groups is 1. The molecule has 13 heavy (non-hydrogen) atoms. The molecule has 1 heterocycles. The van der Waals surface area contributed by atoms with Crippen LogP contribution in [0.2, 0.25) is 0 Å². The predicted octanol–water partition coefficient (Wildman–Crippen LogP) is 1.02. The highest BCUT2D eigenvalue weighted by molar-refractivity contribution is 6.06. The van der Waals surface area contributed by atoms with Gasteiger partial charge in [-0.2, -0.15) is 4.99 Å². The van der Waals surface area contributed by atoms with E-state index in [4.69, 9.17) is 5.73 Å². The Labute approximate surface area is 77.6 Å². The molecule has 0 radical (unpaired) electrons. The molecule has 72 valence electrons. The molecule has 2 aliphatic rings. The quantitative estimate of drug-likeness (QED) is 0.634. The van der Waals surface area contributed by atoms with Crippen molar-refractivity contribution in [2.45, 2.75) is 38.1 Å². The fourth-order valence-corrected chi connectivity index (χ4v) is 2.36. The summed E-state index contributed by atoms with van der Waals surface area (Å²) in [7, 11) is 0. The Morgan fingerprint density at radius 2 is 2.54 bits per heavy atom. The van der Waals surface area contributed by atoms with Gasteiger partial charge < -0.3 is 11.1 Å². The first-order valence-electron chi connectivity index (χ1n) is 4.83. The molecule has 0 aromatic rings. The van der Waals surface area contributed by atoms with Gasteiger partial charge in [0, 0.05) is 0 Å². The van der Waals surface area contributed by atoms with Crippen molar-refractivity contribution in [1.29, 1.82) is 0 Å². The van der Waals surface area contributed by atoms with Crippen LogP contribution in [0.1, 0.15) is 32.6 Å². The largest absolute Gasteiger partial charge is 0.385 e. The fraction of sp³-hybridized carbons (Fsp3) is 0.778. The Kier molecular flexibility index (Phi) is 1.78. The third-order valence-corrected chi connectivity index (χ3v) is 3.25. The normalized spacial score (nSPS) is 38.1. The number of nitrogens with two attached hydrogens (primary N) is 1. The van der Waals surface area contributed by atoms with Crippen molar-refractivity contribution in [2.24, 2.45) is 16.6 Å². The highest BCUT2D eigenvalue weighted by atomic mass is 16.2. The van der Waals surface area contributed by atoms with Crippen molar-refractivity contribution in [2.75, 3.05) is 0 Å². The van der Waals surface area contributed by atoms with Gasteiger partial charge in [0.2, 0.25) is 0 Å². The van der Waals surface area contributed by atoms with Gasteiger partial charge in [0.05, 0.1) is 5.54 Å². The van der Waals surface area contributed by atoms with Crippen LogP contribution in [0.4, 0.5) is 4.79 Å². The summed E-state index contributed by atoms with van der Waals surface area (Å²) in [4.78, 5) is 14.8. The molecule has 1 fully saturated rings. The number of carbonyl (C=O) groups excluding carboxylic acids is 1. The number of hydrogen-bond donors (Lipinski definition) is 2. The maximum atomic E-state index is 11.0. The lowest BCUT2D eigenvalue weighted by Gasteiger charge is -2.23. The zero-order chi connectivity index (χ0) is 9.47. The molecule has 4 nitrogen and oxygen atoms in total. The lowest BCUT2D eigenvalue weighted by Crippen LogP contribution is -2.49. The standard InChI is InChI=1S/C9H15N3O/c1-2-6-3-4-9(5-6)7(10)11-8(13)12-9/h6H,2-5H2,1H3,(H3,10,11,12,13). The maximum absolute atomic E-state index is 11.0. The molecular weight excluding hydrogens is 166 g/mol. The van der Waals surface area contributed by atoms with Gasteiger partial charge in [-0.3, -0.25) is 0 Å². The molecule has 0 bridgehead atoms. The average Bonchev–Trinajstić information content (AvgIpc) is 2.59. The van der Waals surface area contributed by atoms with Crippen molar-refractivity contribution in [3.63, 3.8) is 0 Å². The van der Waals surface area contributed by atoms with E-state index in [-0.39, 0.29) is 11.6 Å². The number of nitrogens with zero attached hydrogens (tertiary/aromatic N) is 1. The van der Waals surface area contributed by atoms with E-state index in [2.05, 4.69) is 17.2 Å². The first-order chi connectivity index (χ1) is 6.16. The smallest absolute Gasteiger partial charge is 0.343 e. The van der Waals surface area contributed by atoms with Gasteiger partial charge in [-0.1, -0.05) is 13.3 Å². The topological polar surface area (TPSA) is 67.5 Å². The van der Waals surface area contributed by atoms with Crippen LogP contribution in [0, 0.1) is 5.92 Å². The molecule has 2 atom stereocenters. The molecule has 0 aromatic heterocycles. The second-order valence-electron chi connectivity index (χ2n) is 4.03. The Balaban J connectivity index is 2.16. The highest BCUT2D eigenvalue weighted by Gasteiger charge is 2.46. The van der Waals surface area contributed by atoms with Crippen LogP contribution in [0.15, 0.2) is 4.99 Å². The zero-order valence-corrected chi connectivity index (χ0v) is 7.84. The van der Waals surface area contributed by atoms with Crippen LogP contribution in [-0.2, 0) is 0 Å². The highest BCUT2D eigenvalue weighted by Crippen LogP contribution is 2.38. The summed E-state index contributed by atoms with van der Waals surface area (Å²) in [5, 5.41) is 2.88. The molecule has 4 heteroatoms. The minimum absolute atomic E-state index is 0.269. The lowest BCUT2D eigenvalue weighted by molar-refractivity contribution is 0.245. The van der Waals surface area contributed by atoms with E-state index >= 15 is 0 Å². The number of aliphatic imine (C=N–C) groups is 1. The van der Waals surface area contributed by atoms with E-state index < -0.39 is 0 Å². The van der Waals surface area contributed by atoms with E-state index in [1.807, 2.05) is 0 Å². The number of rotatable bonds is 1. The number of hydrogen-bond acceptors (Lipinski definition) is 2. The summed E-state index contributed by atoms with van der Waals surface area (Å²) in [6.45, 7) is 2.17. The van der Waals surface area contributed by atoms with Crippen LogP contribution in [0.3, 0.4) is 0 Å². The molecular formula is C9H15N3O. The maximum Gasteiger partial charge on any atom is 0.343 e. The van der Waals surface area contributed by atoms with Crippen LogP contribution >= 0.6 is 0 Å². The minimum Gasteiger partial charge on any atom is -0.385 e. The minimum atomic E-state index is -0.280. The van der Waals surface area contributed by atoms with Crippen molar-refractivity contribution in [1.82, 2.24) is 5.32 Å². The Bertz CT molecular complexity index is 274. The van der Waals surface area contributed by atoms with Gasteiger partial charge in [0.15, 0.2) is 0 Å². The van der Waals surface area contributed by atoms with Crippen molar-refractivity contribution in [3.8, 4) is 0 Å². The number of nitrogens with one attached hydrogen (secondary N) is 1. The van der Waals surface area contributed by atoms with Gasteiger partial charge in [-0.15, -0.1) is 0 Å². The summed E-state index contributed by atoms with van der Waals surface area (Å²) in [5.74, 6) is 1.18. The summed E-state index contributed by atoms with van der Waals surface area (Å²) in [6.07, 6.45) is 4.22. The van der Waals surface area contributed by atoms with E-state index in [1.165, 1.54) is 0 Å². The molecule has 1 spiro atoms. The van der Waals surface area contributed by atoms with Gasteiger partial charge in [0.25, 0.3) is 0 Å². The number of urea groups is 1. The van der Waals surface area contributed by atoms with Crippen LogP contribution in [0.25, 0.3) is 0 Å². The second-order valence-corrected chi connectivity index (χ2v) is 4.03. The second kappa shape index (κ2) is 2.72. The average molecular weight is 181 g/mol. The van der Waals surface area contributed by atoms with Crippen molar-refractivity contribution >= 4 is 11.9 Å². The first-order valence-corrected chi connectivity index (χ1v) is 4.83. The summed E-state index contributed by atoms with van der Waals surface area (Å²) in [6, 6.07) is -0.269. The molecule has 0 aromatic carbocycles. The molecule has 1 aliphatic carbocycles. The van der Waals surface area contributed by atoms with E-state index in [0.717, 1.165) is 25.7 Å². The molecule has 1 saturated carbocycles. The lowest BCUT2D eigenvalue weighted by atomic mass is 9.95. The summed E-state index contributed by atoms with van der Waals surface area (Å²) in [5.41, 5.74) is 5.47. The van der Waals surface area contributed by atoms with E-state index in [9.17, 15) is 4.79 Å². The molecule has 0 saturated heterocycles. The van der Waals surface area contributed by atoms with Crippen molar-refractivity contribution < 1.29 is 4.79 Å². The SMILES string of the molecule is CCC1CCC2(C1)NC(=O)N=C2N. The number of amides is 2. The fourth-order valence-electron chi connectivity index (χ4n) is 2.36. The Morgan fingerprint density at radius 3 is 3.00 bits per heavy atom. The zero-order valence-electron chi connectivity index (χ0n) is 7.84. The van der Waals surface area contributed by atoms with E-state index in [0.29, 0.717) is 11.8 Å². The summed E-state index contributed by atoms with van der Waals surface area (Å²) < 4.78 is 0. The monoisotopic (exact) mass is 181 g/mol.